The average Bonchev–Trinajstić information content (AvgIpc) is 3.09. The van der Waals surface area contributed by atoms with Gasteiger partial charge in [0.2, 0.25) is 0 Å². The molecule has 4 fully saturated rings. The summed E-state index contributed by atoms with van der Waals surface area (Å²) in [5.74, 6) is 4.74. The van der Waals surface area contributed by atoms with E-state index in [1.165, 1.54) is 44.9 Å². The lowest BCUT2D eigenvalue weighted by molar-refractivity contribution is -0.149. The highest BCUT2D eigenvalue weighted by Crippen LogP contribution is 2.68. The third kappa shape index (κ3) is 4.22. The van der Waals surface area contributed by atoms with Gasteiger partial charge in [-0.25, -0.2) is 0 Å². The maximum Gasteiger partial charge on any atom is 0.306 e. The fourth-order valence-corrected chi connectivity index (χ4v) is 9.12. The summed E-state index contributed by atoms with van der Waals surface area (Å²) in [5.41, 5.74) is 0.922. The zero-order valence-electron chi connectivity index (χ0n) is 20.9. The number of carbonyl (C=O) groups is 1. The van der Waals surface area contributed by atoms with Crippen LogP contribution in [-0.2, 0) is 9.53 Å². The Kier molecular flexibility index (Phi) is 6.84. The molecule has 0 amide bonds. The third-order valence-electron chi connectivity index (χ3n) is 11.1. The molecule has 0 bridgehead atoms. The monoisotopic (exact) mass is 432 g/mol. The van der Waals surface area contributed by atoms with Crippen molar-refractivity contribution in [1.29, 1.82) is 0 Å². The predicted octanol–water partition coefficient (Wildman–Crippen LogP) is 6.76. The number of ether oxygens (including phenoxy) is 1. The van der Waals surface area contributed by atoms with Crippen LogP contribution in [0, 0.1) is 46.3 Å². The molecule has 4 aliphatic rings. The van der Waals surface area contributed by atoms with Gasteiger partial charge in [-0.3, -0.25) is 4.79 Å². The first-order chi connectivity index (χ1) is 14.7. The number of hydrogen-bond acceptors (Lipinski definition) is 3. The normalized spacial score (nSPS) is 46.4. The lowest BCUT2D eigenvalue weighted by Crippen LogP contribution is -2.54. The van der Waals surface area contributed by atoms with Gasteiger partial charge in [-0.05, 0) is 124 Å². The van der Waals surface area contributed by atoms with Gasteiger partial charge in [-0.1, -0.05) is 27.7 Å². The first kappa shape index (κ1) is 23.6. The van der Waals surface area contributed by atoms with Crippen molar-refractivity contribution < 1.29 is 14.6 Å². The molecular formula is C28H48O3. The van der Waals surface area contributed by atoms with Crippen LogP contribution in [0.3, 0.4) is 0 Å². The van der Waals surface area contributed by atoms with Gasteiger partial charge in [0.05, 0.1) is 12.2 Å². The van der Waals surface area contributed by atoms with Crippen LogP contribution in [0.1, 0.15) is 112 Å². The lowest BCUT2D eigenvalue weighted by Gasteiger charge is -2.61. The van der Waals surface area contributed by atoms with E-state index in [-0.39, 0.29) is 18.2 Å². The molecule has 10 atom stereocenters. The molecule has 3 heteroatoms. The Morgan fingerprint density at radius 2 is 1.71 bits per heavy atom. The SMILES string of the molecule is CCC(C)OC(=O)CC[C@@H](C)[C@H]1CC[C@H]2[C@@H]3CCC4C[C@H](O)CC[C@]4(C)[C@H]3CC[C@]12C. The van der Waals surface area contributed by atoms with Crippen molar-refractivity contribution in [1.82, 2.24) is 0 Å². The molecule has 4 aliphatic carbocycles. The summed E-state index contributed by atoms with van der Waals surface area (Å²) in [7, 11) is 0. The van der Waals surface area contributed by atoms with Crippen LogP contribution in [0.4, 0.5) is 0 Å². The number of rotatable bonds is 6. The summed E-state index contributed by atoms with van der Waals surface area (Å²) in [6.07, 6.45) is 14.0. The van der Waals surface area contributed by atoms with Crippen LogP contribution < -0.4 is 0 Å². The van der Waals surface area contributed by atoms with E-state index in [1.54, 1.807) is 0 Å². The number of aliphatic hydroxyl groups excluding tert-OH is 1. The van der Waals surface area contributed by atoms with E-state index in [0.29, 0.717) is 23.2 Å². The van der Waals surface area contributed by atoms with Crippen molar-refractivity contribution in [3.8, 4) is 0 Å². The van der Waals surface area contributed by atoms with E-state index >= 15 is 0 Å². The number of esters is 1. The Hall–Kier alpha value is -0.570. The lowest BCUT2D eigenvalue weighted by atomic mass is 9.44. The summed E-state index contributed by atoms with van der Waals surface area (Å²) in [6, 6.07) is 0. The quantitative estimate of drug-likeness (QED) is 0.471. The first-order valence-corrected chi connectivity index (χ1v) is 13.6. The van der Waals surface area contributed by atoms with Crippen LogP contribution in [0.2, 0.25) is 0 Å². The zero-order valence-corrected chi connectivity index (χ0v) is 20.9. The molecule has 4 rings (SSSR count). The second-order valence-corrected chi connectivity index (χ2v) is 12.5. The highest BCUT2D eigenvalue weighted by atomic mass is 16.5. The fourth-order valence-electron chi connectivity index (χ4n) is 9.12. The molecule has 0 saturated heterocycles. The summed E-state index contributed by atoms with van der Waals surface area (Å²) >= 11 is 0. The summed E-state index contributed by atoms with van der Waals surface area (Å²) in [6.45, 7) is 11.7. The number of carbonyl (C=O) groups excluding carboxylic acids is 1. The van der Waals surface area contributed by atoms with Gasteiger partial charge < -0.3 is 9.84 Å². The van der Waals surface area contributed by atoms with Gasteiger partial charge in [0.15, 0.2) is 0 Å². The molecule has 0 spiro atoms. The van der Waals surface area contributed by atoms with Crippen LogP contribution in [0.15, 0.2) is 0 Å². The topological polar surface area (TPSA) is 46.5 Å². The molecule has 0 radical (unpaired) electrons. The Morgan fingerprint density at radius 1 is 1.00 bits per heavy atom. The van der Waals surface area contributed by atoms with Crippen LogP contribution >= 0.6 is 0 Å². The molecule has 0 aromatic rings. The third-order valence-corrected chi connectivity index (χ3v) is 11.1. The molecule has 0 aliphatic heterocycles. The maximum atomic E-state index is 12.2. The first-order valence-electron chi connectivity index (χ1n) is 13.6. The van der Waals surface area contributed by atoms with Crippen molar-refractivity contribution >= 4 is 5.97 Å². The molecule has 0 aromatic carbocycles. The summed E-state index contributed by atoms with van der Waals surface area (Å²) in [5, 5.41) is 10.3. The minimum Gasteiger partial charge on any atom is -0.463 e. The average molecular weight is 433 g/mol. The maximum absolute atomic E-state index is 12.2. The minimum absolute atomic E-state index is 0.00431. The van der Waals surface area contributed by atoms with Gasteiger partial charge in [-0.2, -0.15) is 0 Å². The van der Waals surface area contributed by atoms with E-state index in [4.69, 9.17) is 4.74 Å². The van der Waals surface area contributed by atoms with E-state index in [2.05, 4.69) is 27.7 Å². The van der Waals surface area contributed by atoms with Crippen LogP contribution in [0.25, 0.3) is 0 Å². The fraction of sp³-hybridized carbons (Fsp3) is 0.964. The molecule has 2 unspecified atom stereocenters. The Bertz CT molecular complexity index is 646. The summed E-state index contributed by atoms with van der Waals surface area (Å²) in [4.78, 5) is 12.2. The van der Waals surface area contributed by atoms with Crippen LogP contribution in [-0.4, -0.2) is 23.3 Å². The number of fused-ring (bicyclic) bond motifs is 5. The second kappa shape index (κ2) is 8.99. The van der Waals surface area contributed by atoms with Gasteiger partial charge in [0.25, 0.3) is 0 Å². The van der Waals surface area contributed by atoms with Gasteiger partial charge in [0.1, 0.15) is 0 Å². The van der Waals surface area contributed by atoms with Gasteiger partial charge in [0, 0.05) is 6.42 Å². The standard InChI is InChI=1S/C28H48O3/c1-6-19(3)31-26(30)12-7-18(2)23-10-11-24-22-9-8-20-17-21(29)13-15-27(20,4)25(22)14-16-28(23,24)5/h18-25,29H,6-17H2,1-5H3/t18-,19?,20?,21-,22+,23-,24+,25+,27+,28-/m1/s1. The Labute approximate surface area is 191 Å². The molecule has 3 nitrogen and oxygen atoms in total. The van der Waals surface area contributed by atoms with Crippen molar-refractivity contribution in [3.63, 3.8) is 0 Å². The highest BCUT2D eigenvalue weighted by Gasteiger charge is 2.60. The number of hydrogen-bond donors (Lipinski definition) is 1. The smallest absolute Gasteiger partial charge is 0.306 e. The number of aliphatic hydroxyl groups is 1. The van der Waals surface area contributed by atoms with Gasteiger partial charge in [-0.15, -0.1) is 0 Å². The van der Waals surface area contributed by atoms with E-state index in [0.717, 1.165) is 55.3 Å². The van der Waals surface area contributed by atoms with Crippen molar-refractivity contribution in [2.45, 2.75) is 124 Å². The molecule has 0 heterocycles. The van der Waals surface area contributed by atoms with E-state index < -0.39 is 0 Å². The Morgan fingerprint density at radius 3 is 2.45 bits per heavy atom. The molecule has 4 saturated carbocycles. The zero-order chi connectivity index (χ0) is 22.4. The molecule has 0 aromatic heterocycles. The molecular weight excluding hydrogens is 384 g/mol. The van der Waals surface area contributed by atoms with Crippen molar-refractivity contribution in [3.05, 3.63) is 0 Å². The van der Waals surface area contributed by atoms with Crippen molar-refractivity contribution in [2.75, 3.05) is 0 Å². The highest BCUT2D eigenvalue weighted by molar-refractivity contribution is 5.69. The van der Waals surface area contributed by atoms with E-state index in [1.807, 2.05) is 6.92 Å². The van der Waals surface area contributed by atoms with Crippen LogP contribution in [0.5, 0.6) is 0 Å². The van der Waals surface area contributed by atoms with Gasteiger partial charge >= 0.3 is 5.97 Å². The van der Waals surface area contributed by atoms with Crippen molar-refractivity contribution in [2.24, 2.45) is 46.3 Å². The predicted molar refractivity (Wildman–Crippen MR) is 125 cm³/mol. The summed E-state index contributed by atoms with van der Waals surface area (Å²) < 4.78 is 5.53. The largest absolute Gasteiger partial charge is 0.463 e. The van der Waals surface area contributed by atoms with E-state index in [9.17, 15) is 9.90 Å². The minimum atomic E-state index is -0.0489. The molecule has 1 N–H and O–H groups in total. The second-order valence-electron chi connectivity index (χ2n) is 12.5. The Balaban J connectivity index is 1.40. The molecule has 178 valence electrons. The molecule has 31 heavy (non-hydrogen) atoms.